The maximum atomic E-state index is 10.9. The van der Waals surface area contributed by atoms with E-state index in [0.29, 0.717) is 0 Å². The van der Waals surface area contributed by atoms with Crippen molar-refractivity contribution in [3.05, 3.63) is 34.4 Å². The molecule has 0 spiro atoms. The van der Waals surface area contributed by atoms with Crippen LogP contribution >= 0.6 is 11.8 Å². The Labute approximate surface area is 95.4 Å². The van der Waals surface area contributed by atoms with Crippen molar-refractivity contribution >= 4 is 23.4 Å². The van der Waals surface area contributed by atoms with Gasteiger partial charge < -0.3 is 0 Å². The van der Waals surface area contributed by atoms with Crippen LogP contribution in [0.1, 0.15) is 0 Å². The van der Waals surface area contributed by atoms with E-state index in [2.05, 4.69) is 0 Å². The van der Waals surface area contributed by atoms with E-state index in [0.717, 1.165) is 4.90 Å². The van der Waals surface area contributed by atoms with E-state index < -0.39 is 10.8 Å². The highest BCUT2D eigenvalue weighted by Gasteiger charge is 2.05. The monoisotopic (exact) mass is 237 g/mol. The highest BCUT2D eigenvalue weighted by molar-refractivity contribution is 8.00. The molecule has 1 N–H and O–H groups in total. The van der Waals surface area contributed by atoms with Gasteiger partial charge in [0.1, 0.15) is 0 Å². The molecule has 1 amide bonds. The minimum atomic E-state index is -0.489. The number of nitro benzene ring substituents is 1. The predicted molar refractivity (Wildman–Crippen MR) is 57.6 cm³/mol. The first-order valence-corrected chi connectivity index (χ1v) is 5.17. The molecular formula is C9H7N3O3S. The summed E-state index contributed by atoms with van der Waals surface area (Å²) in [5.41, 5.74) is 0.00539. The van der Waals surface area contributed by atoms with E-state index in [1.807, 2.05) is 5.32 Å². The number of rotatable bonds is 4. The molecule has 1 aromatic carbocycles. The molecule has 0 saturated carbocycles. The highest BCUT2D eigenvalue weighted by Crippen LogP contribution is 2.20. The number of benzene rings is 1. The molecule has 6 nitrogen and oxygen atoms in total. The number of nitrogens with zero attached hydrogens (tertiary/aromatic N) is 2. The number of hydrogen-bond donors (Lipinski definition) is 1. The lowest BCUT2D eigenvalue weighted by atomic mass is 10.3. The molecule has 0 bridgehead atoms. The first-order chi connectivity index (χ1) is 7.63. The Balaban J connectivity index is 2.53. The maximum Gasteiger partial charge on any atom is 0.269 e. The molecule has 82 valence electrons. The Kier molecular flexibility index (Phi) is 4.29. The summed E-state index contributed by atoms with van der Waals surface area (Å²) >= 11 is 1.20. The molecule has 0 aliphatic heterocycles. The van der Waals surface area contributed by atoms with Crippen LogP contribution in [0.5, 0.6) is 0 Å². The Morgan fingerprint density at radius 2 is 2.12 bits per heavy atom. The molecule has 1 aromatic rings. The molecule has 0 radical (unpaired) electrons. The second kappa shape index (κ2) is 5.72. The summed E-state index contributed by atoms with van der Waals surface area (Å²) in [6.45, 7) is 0. The van der Waals surface area contributed by atoms with E-state index in [4.69, 9.17) is 5.26 Å². The standard InChI is InChI=1S/C9H7N3O3S/c10-6-11-9(13)5-16-8-3-1-7(2-4-8)12(14)15/h1-4H,5H2,(H,11,13). The zero-order valence-corrected chi connectivity index (χ0v) is 8.86. The zero-order chi connectivity index (χ0) is 12.0. The summed E-state index contributed by atoms with van der Waals surface area (Å²) in [4.78, 5) is 21.5. The Morgan fingerprint density at radius 1 is 1.50 bits per heavy atom. The number of nitrogens with one attached hydrogen (secondary N) is 1. The van der Waals surface area contributed by atoms with E-state index in [9.17, 15) is 14.9 Å². The minimum absolute atomic E-state index is 0.00539. The van der Waals surface area contributed by atoms with E-state index in [1.165, 1.54) is 30.1 Å². The normalized spacial score (nSPS) is 9.19. The van der Waals surface area contributed by atoms with Crippen LogP contribution < -0.4 is 5.32 Å². The second-order valence-electron chi connectivity index (χ2n) is 2.70. The molecule has 1 rings (SSSR count). The van der Waals surface area contributed by atoms with Crippen LogP contribution in [-0.4, -0.2) is 16.6 Å². The number of nitriles is 1. The fourth-order valence-corrected chi connectivity index (χ4v) is 1.61. The van der Waals surface area contributed by atoms with Crippen molar-refractivity contribution < 1.29 is 9.72 Å². The molecule has 0 aliphatic carbocycles. The second-order valence-corrected chi connectivity index (χ2v) is 3.75. The molecule has 0 heterocycles. The lowest BCUT2D eigenvalue weighted by Gasteiger charge is -1.99. The van der Waals surface area contributed by atoms with Gasteiger partial charge >= 0.3 is 0 Å². The van der Waals surface area contributed by atoms with Crippen molar-refractivity contribution in [3.8, 4) is 6.19 Å². The molecule has 0 saturated heterocycles. The molecule has 0 atom stereocenters. The van der Waals surface area contributed by atoms with Crippen molar-refractivity contribution in [2.24, 2.45) is 0 Å². The van der Waals surface area contributed by atoms with Crippen LogP contribution in [-0.2, 0) is 4.79 Å². The Bertz CT molecular complexity index is 438. The predicted octanol–water partition coefficient (Wildman–Crippen LogP) is 1.28. The zero-order valence-electron chi connectivity index (χ0n) is 8.04. The number of non-ortho nitro benzene ring substituents is 1. The van der Waals surface area contributed by atoms with Crippen LogP contribution in [0.25, 0.3) is 0 Å². The molecular weight excluding hydrogens is 230 g/mol. The van der Waals surface area contributed by atoms with Crippen molar-refractivity contribution in [2.75, 3.05) is 5.75 Å². The average molecular weight is 237 g/mol. The minimum Gasteiger partial charge on any atom is -0.273 e. The summed E-state index contributed by atoms with van der Waals surface area (Å²) in [5, 5.41) is 20.5. The van der Waals surface area contributed by atoms with Crippen LogP contribution in [0.3, 0.4) is 0 Å². The van der Waals surface area contributed by atoms with Crippen LogP contribution in [0.15, 0.2) is 29.2 Å². The van der Waals surface area contributed by atoms with Crippen LogP contribution in [0, 0.1) is 21.6 Å². The smallest absolute Gasteiger partial charge is 0.269 e. The summed E-state index contributed by atoms with van der Waals surface area (Å²) in [6, 6.07) is 5.85. The number of thioether (sulfide) groups is 1. The summed E-state index contributed by atoms with van der Waals surface area (Å²) < 4.78 is 0. The maximum absolute atomic E-state index is 10.9. The fraction of sp³-hybridized carbons (Fsp3) is 0.111. The largest absolute Gasteiger partial charge is 0.273 e. The SMILES string of the molecule is N#CNC(=O)CSc1ccc([N+](=O)[O-])cc1. The molecule has 7 heteroatoms. The van der Waals surface area contributed by atoms with Gasteiger partial charge in [0.05, 0.1) is 10.7 Å². The van der Waals surface area contributed by atoms with Crippen molar-refractivity contribution in [2.45, 2.75) is 4.90 Å². The summed E-state index contributed by atoms with van der Waals surface area (Å²) in [6.07, 6.45) is 1.53. The first-order valence-electron chi connectivity index (χ1n) is 4.18. The molecule has 0 fully saturated rings. The van der Waals surface area contributed by atoms with Gasteiger partial charge in [0.2, 0.25) is 5.91 Å². The lowest BCUT2D eigenvalue weighted by Crippen LogP contribution is -2.19. The third-order valence-corrected chi connectivity index (χ3v) is 2.62. The molecule has 0 aromatic heterocycles. The van der Waals surface area contributed by atoms with Crippen LogP contribution in [0.4, 0.5) is 5.69 Å². The lowest BCUT2D eigenvalue weighted by molar-refractivity contribution is -0.384. The summed E-state index contributed by atoms with van der Waals surface area (Å²) in [7, 11) is 0. The summed E-state index contributed by atoms with van der Waals surface area (Å²) in [5.74, 6) is -0.295. The molecule has 0 aliphatic rings. The third-order valence-electron chi connectivity index (χ3n) is 1.61. The van der Waals surface area contributed by atoms with Gasteiger partial charge in [0.25, 0.3) is 5.69 Å². The van der Waals surface area contributed by atoms with Gasteiger partial charge in [-0.3, -0.25) is 20.2 Å². The number of carbonyl (C=O) groups excluding carboxylic acids is 1. The van der Waals surface area contributed by atoms with Crippen molar-refractivity contribution in [1.82, 2.24) is 5.32 Å². The third kappa shape index (κ3) is 3.59. The van der Waals surface area contributed by atoms with Gasteiger partial charge in [-0.1, -0.05) is 0 Å². The van der Waals surface area contributed by atoms with Crippen molar-refractivity contribution in [3.63, 3.8) is 0 Å². The highest BCUT2D eigenvalue weighted by atomic mass is 32.2. The topological polar surface area (TPSA) is 96.0 Å². The van der Waals surface area contributed by atoms with Crippen LogP contribution in [0.2, 0.25) is 0 Å². The van der Waals surface area contributed by atoms with Gasteiger partial charge in [-0.25, -0.2) is 0 Å². The fourth-order valence-electron chi connectivity index (χ4n) is 0.911. The Hall–Kier alpha value is -2.07. The number of amides is 1. The molecule has 0 unspecified atom stereocenters. The number of carbonyl (C=O) groups is 1. The number of hydrogen-bond acceptors (Lipinski definition) is 5. The van der Waals surface area contributed by atoms with E-state index in [1.54, 1.807) is 12.1 Å². The van der Waals surface area contributed by atoms with Gasteiger partial charge in [0, 0.05) is 17.0 Å². The van der Waals surface area contributed by atoms with Gasteiger partial charge in [-0.05, 0) is 12.1 Å². The van der Waals surface area contributed by atoms with E-state index in [-0.39, 0.29) is 11.4 Å². The first kappa shape index (κ1) is 12.0. The van der Waals surface area contributed by atoms with Gasteiger partial charge in [0.15, 0.2) is 6.19 Å². The average Bonchev–Trinajstić information content (AvgIpc) is 2.27. The quantitative estimate of drug-likeness (QED) is 0.280. The number of nitro groups is 1. The van der Waals surface area contributed by atoms with Crippen molar-refractivity contribution in [1.29, 1.82) is 5.26 Å². The Morgan fingerprint density at radius 3 is 2.62 bits per heavy atom. The van der Waals surface area contributed by atoms with E-state index >= 15 is 0 Å². The van der Waals surface area contributed by atoms with Gasteiger partial charge in [-0.2, -0.15) is 5.26 Å². The van der Waals surface area contributed by atoms with Gasteiger partial charge in [-0.15, -0.1) is 11.8 Å². The molecule has 16 heavy (non-hydrogen) atoms.